The molecule has 152 valence electrons. The van der Waals surface area contributed by atoms with Gasteiger partial charge in [-0.25, -0.2) is 4.98 Å². The number of H-pyrrole nitrogens is 1. The SMILES string of the molecule is Cc1ccc(C2c3[nH]c4ccc(Cl)cc4c3CCN2c2nccc(N(C)C)n2)cc1. The molecular weight excluding hydrogens is 394 g/mol. The van der Waals surface area contributed by atoms with Crippen LogP contribution in [-0.2, 0) is 6.42 Å². The summed E-state index contributed by atoms with van der Waals surface area (Å²) in [6, 6.07) is 16.8. The molecule has 1 atom stereocenters. The van der Waals surface area contributed by atoms with E-state index in [9.17, 15) is 0 Å². The molecule has 4 aromatic rings. The van der Waals surface area contributed by atoms with Gasteiger partial charge in [0.15, 0.2) is 0 Å². The molecule has 1 N–H and O–H groups in total. The predicted molar refractivity (Wildman–Crippen MR) is 124 cm³/mol. The molecule has 0 aliphatic carbocycles. The zero-order valence-electron chi connectivity index (χ0n) is 17.4. The van der Waals surface area contributed by atoms with Crippen molar-refractivity contribution in [1.82, 2.24) is 15.0 Å². The largest absolute Gasteiger partial charge is 0.363 e. The van der Waals surface area contributed by atoms with Crippen molar-refractivity contribution >= 4 is 34.3 Å². The van der Waals surface area contributed by atoms with Crippen molar-refractivity contribution in [2.75, 3.05) is 30.4 Å². The monoisotopic (exact) mass is 417 g/mol. The van der Waals surface area contributed by atoms with E-state index in [0.717, 1.165) is 35.3 Å². The van der Waals surface area contributed by atoms with Crippen LogP contribution in [0, 0.1) is 6.92 Å². The van der Waals surface area contributed by atoms with Crippen LogP contribution in [0.2, 0.25) is 5.02 Å². The minimum atomic E-state index is 0.0120. The van der Waals surface area contributed by atoms with Crippen LogP contribution in [0.25, 0.3) is 10.9 Å². The number of aromatic nitrogens is 3. The molecule has 30 heavy (non-hydrogen) atoms. The first-order valence-electron chi connectivity index (χ1n) is 10.1. The minimum absolute atomic E-state index is 0.0120. The third-order valence-electron chi connectivity index (χ3n) is 5.83. The van der Waals surface area contributed by atoms with Gasteiger partial charge in [0, 0.05) is 48.5 Å². The van der Waals surface area contributed by atoms with Gasteiger partial charge in [0.1, 0.15) is 5.82 Å². The van der Waals surface area contributed by atoms with Gasteiger partial charge >= 0.3 is 0 Å². The van der Waals surface area contributed by atoms with Crippen LogP contribution in [0.15, 0.2) is 54.7 Å². The van der Waals surface area contributed by atoms with E-state index in [2.05, 4.69) is 58.2 Å². The number of hydrogen-bond donors (Lipinski definition) is 1. The molecule has 2 aromatic carbocycles. The molecule has 1 aliphatic heterocycles. The van der Waals surface area contributed by atoms with Gasteiger partial charge in [-0.05, 0) is 48.7 Å². The molecule has 0 radical (unpaired) electrons. The normalized spacial score (nSPS) is 16.0. The summed E-state index contributed by atoms with van der Waals surface area (Å²) in [4.78, 5) is 17.5. The molecule has 0 bridgehead atoms. The standard InChI is InChI=1S/C24H24ClN5/c1-15-4-6-16(7-5-15)23-22-18(19-14-17(25)8-9-20(19)27-22)11-13-30(23)24-26-12-10-21(28-24)29(2)3/h4-10,12,14,23,27H,11,13H2,1-3H3. The second kappa shape index (κ2) is 7.33. The van der Waals surface area contributed by atoms with Gasteiger partial charge in [-0.3, -0.25) is 0 Å². The Bertz CT molecular complexity index is 1210. The summed E-state index contributed by atoms with van der Waals surface area (Å²) in [6.07, 6.45) is 2.75. The average Bonchev–Trinajstić information content (AvgIpc) is 3.11. The molecule has 6 heteroatoms. The van der Waals surface area contributed by atoms with E-state index >= 15 is 0 Å². The Morgan fingerprint density at radius 1 is 1.10 bits per heavy atom. The van der Waals surface area contributed by atoms with E-state index in [1.807, 2.05) is 37.3 Å². The molecular formula is C24H24ClN5. The molecule has 1 unspecified atom stereocenters. The van der Waals surface area contributed by atoms with Gasteiger partial charge in [-0.2, -0.15) is 4.98 Å². The number of hydrogen-bond acceptors (Lipinski definition) is 4. The first kappa shape index (κ1) is 18.9. The molecule has 3 heterocycles. The molecule has 5 nitrogen and oxygen atoms in total. The first-order valence-corrected chi connectivity index (χ1v) is 10.5. The molecule has 0 fully saturated rings. The quantitative estimate of drug-likeness (QED) is 0.501. The second-order valence-corrected chi connectivity index (χ2v) is 8.51. The molecule has 1 aliphatic rings. The van der Waals surface area contributed by atoms with Gasteiger partial charge in [0.25, 0.3) is 0 Å². The van der Waals surface area contributed by atoms with Crippen molar-refractivity contribution in [3.8, 4) is 0 Å². The fourth-order valence-electron chi connectivity index (χ4n) is 4.30. The number of aryl methyl sites for hydroxylation is 1. The summed E-state index contributed by atoms with van der Waals surface area (Å²) < 4.78 is 0. The number of aromatic amines is 1. The van der Waals surface area contributed by atoms with Crippen LogP contribution in [0.4, 0.5) is 11.8 Å². The Hall–Kier alpha value is -3.05. The number of nitrogens with one attached hydrogen (secondary N) is 1. The predicted octanol–water partition coefficient (Wildman–Crippen LogP) is 5.14. The summed E-state index contributed by atoms with van der Waals surface area (Å²) in [5.74, 6) is 1.64. The number of halogens is 1. The van der Waals surface area contributed by atoms with Gasteiger partial charge < -0.3 is 14.8 Å². The van der Waals surface area contributed by atoms with E-state index in [0.29, 0.717) is 0 Å². The molecule has 0 amide bonds. The van der Waals surface area contributed by atoms with Crippen molar-refractivity contribution < 1.29 is 0 Å². The Balaban J connectivity index is 1.69. The van der Waals surface area contributed by atoms with E-state index in [1.54, 1.807) is 0 Å². The topological polar surface area (TPSA) is 48.1 Å². The summed E-state index contributed by atoms with van der Waals surface area (Å²) in [6.45, 7) is 2.95. The van der Waals surface area contributed by atoms with E-state index in [4.69, 9.17) is 16.6 Å². The Kier molecular flexibility index (Phi) is 4.63. The molecule has 0 spiro atoms. The fourth-order valence-corrected chi connectivity index (χ4v) is 4.47. The fraction of sp³-hybridized carbons (Fsp3) is 0.250. The summed E-state index contributed by atoms with van der Waals surface area (Å²) in [5, 5.41) is 1.97. The van der Waals surface area contributed by atoms with Crippen LogP contribution >= 0.6 is 11.6 Å². The maximum absolute atomic E-state index is 6.31. The highest BCUT2D eigenvalue weighted by molar-refractivity contribution is 6.31. The zero-order chi connectivity index (χ0) is 20.8. The lowest BCUT2D eigenvalue weighted by molar-refractivity contribution is 0.626. The lowest BCUT2D eigenvalue weighted by atomic mass is 9.92. The van der Waals surface area contributed by atoms with Crippen LogP contribution in [-0.4, -0.2) is 35.6 Å². The Labute approximate surface area is 181 Å². The molecule has 0 saturated carbocycles. The van der Waals surface area contributed by atoms with Crippen LogP contribution in [0.1, 0.15) is 28.4 Å². The maximum atomic E-state index is 6.31. The highest BCUT2D eigenvalue weighted by atomic mass is 35.5. The van der Waals surface area contributed by atoms with E-state index in [-0.39, 0.29) is 6.04 Å². The molecule has 5 rings (SSSR count). The summed E-state index contributed by atoms with van der Waals surface area (Å²) in [7, 11) is 4.00. The van der Waals surface area contributed by atoms with Crippen LogP contribution < -0.4 is 9.80 Å². The van der Waals surface area contributed by atoms with Crippen molar-refractivity contribution in [1.29, 1.82) is 0 Å². The highest BCUT2D eigenvalue weighted by Crippen LogP contribution is 2.40. The summed E-state index contributed by atoms with van der Waals surface area (Å²) in [5.41, 5.74) is 6.11. The third kappa shape index (κ3) is 3.19. The van der Waals surface area contributed by atoms with Crippen molar-refractivity contribution in [2.45, 2.75) is 19.4 Å². The number of nitrogens with zero attached hydrogens (tertiary/aromatic N) is 4. The van der Waals surface area contributed by atoms with Gasteiger partial charge in [0.2, 0.25) is 5.95 Å². The van der Waals surface area contributed by atoms with Crippen LogP contribution in [0.5, 0.6) is 0 Å². The van der Waals surface area contributed by atoms with Gasteiger partial charge in [-0.1, -0.05) is 41.4 Å². The number of rotatable bonds is 3. The number of fused-ring (bicyclic) bond motifs is 3. The second-order valence-electron chi connectivity index (χ2n) is 8.07. The van der Waals surface area contributed by atoms with Crippen molar-refractivity contribution in [2.24, 2.45) is 0 Å². The smallest absolute Gasteiger partial charge is 0.228 e. The lowest BCUT2D eigenvalue weighted by Crippen LogP contribution is -2.37. The van der Waals surface area contributed by atoms with Crippen molar-refractivity contribution in [3.05, 3.63) is 82.1 Å². The minimum Gasteiger partial charge on any atom is -0.363 e. The highest BCUT2D eigenvalue weighted by Gasteiger charge is 2.33. The zero-order valence-corrected chi connectivity index (χ0v) is 18.1. The molecule has 2 aromatic heterocycles. The molecule has 0 saturated heterocycles. The number of benzene rings is 2. The summed E-state index contributed by atoms with van der Waals surface area (Å²) >= 11 is 6.31. The van der Waals surface area contributed by atoms with Crippen molar-refractivity contribution in [3.63, 3.8) is 0 Å². The Morgan fingerprint density at radius 3 is 2.67 bits per heavy atom. The van der Waals surface area contributed by atoms with Gasteiger partial charge in [0.05, 0.1) is 6.04 Å². The van der Waals surface area contributed by atoms with E-state index < -0.39 is 0 Å². The van der Waals surface area contributed by atoms with Crippen LogP contribution in [0.3, 0.4) is 0 Å². The third-order valence-corrected chi connectivity index (χ3v) is 6.06. The lowest BCUT2D eigenvalue weighted by Gasteiger charge is -2.36. The average molecular weight is 418 g/mol. The Morgan fingerprint density at radius 2 is 1.90 bits per heavy atom. The van der Waals surface area contributed by atoms with Gasteiger partial charge in [-0.15, -0.1) is 0 Å². The first-order chi connectivity index (χ1) is 14.5. The maximum Gasteiger partial charge on any atom is 0.228 e. The van der Waals surface area contributed by atoms with E-state index in [1.165, 1.54) is 27.8 Å². The number of anilines is 2.